The van der Waals surface area contributed by atoms with Crippen LogP contribution in [0.15, 0.2) is 16.7 Å². The molecule has 1 aromatic carbocycles. The van der Waals surface area contributed by atoms with E-state index in [1.165, 1.54) is 12.8 Å². The highest BCUT2D eigenvalue weighted by atomic mass is 16.5. The van der Waals surface area contributed by atoms with Crippen molar-refractivity contribution in [3.8, 4) is 11.5 Å². The van der Waals surface area contributed by atoms with E-state index in [4.69, 9.17) is 10.3 Å². The number of hydrogen-bond donors (Lipinski definition) is 1. The van der Waals surface area contributed by atoms with Crippen molar-refractivity contribution in [2.75, 3.05) is 23.7 Å². The van der Waals surface area contributed by atoms with Crippen LogP contribution in [-0.2, 0) is 0 Å². The van der Waals surface area contributed by atoms with Gasteiger partial charge in [0.05, 0.1) is 0 Å². The summed E-state index contributed by atoms with van der Waals surface area (Å²) in [5.41, 5.74) is 9.81. The molecule has 5 heteroatoms. The maximum absolute atomic E-state index is 5.89. The van der Waals surface area contributed by atoms with Crippen molar-refractivity contribution in [1.82, 2.24) is 10.1 Å². The largest absolute Gasteiger partial charge is 0.399 e. The zero-order valence-electron chi connectivity index (χ0n) is 11.3. The predicted octanol–water partition coefficient (Wildman–Crippen LogP) is 2.54. The molecule has 2 N–H and O–H groups in total. The highest BCUT2D eigenvalue weighted by Gasteiger charge is 2.19. The fourth-order valence-corrected chi connectivity index (χ4v) is 2.48. The number of nitrogens with two attached hydrogens (primary N) is 1. The van der Waals surface area contributed by atoms with Crippen LogP contribution in [0.2, 0.25) is 0 Å². The minimum absolute atomic E-state index is 0.551. The molecule has 3 rings (SSSR count). The van der Waals surface area contributed by atoms with Gasteiger partial charge in [-0.1, -0.05) is 0 Å². The first-order chi connectivity index (χ1) is 9.15. The van der Waals surface area contributed by atoms with Crippen LogP contribution in [0.3, 0.4) is 0 Å². The molecule has 2 aromatic rings. The SMILES string of the molecule is Cc1cc(N)cc(-c2nc(N3CCCC3)no2)c1C. The molecular formula is C14H18N4O. The first kappa shape index (κ1) is 12.0. The molecule has 0 bridgehead atoms. The quantitative estimate of drug-likeness (QED) is 0.838. The van der Waals surface area contributed by atoms with Crippen LogP contribution >= 0.6 is 0 Å². The van der Waals surface area contributed by atoms with Crippen LogP contribution in [0, 0.1) is 13.8 Å². The van der Waals surface area contributed by atoms with Gasteiger partial charge < -0.3 is 15.2 Å². The summed E-state index contributed by atoms with van der Waals surface area (Å²) in [6.45, 7) is 6.10. The Morgan fingerprint density at radius 1 is 1.21 bits per heavy atom. The van der Waals surface area contributed by atoms with Crippen molar-refractivity contribution in [1.29, 1.82) is 0 Å². The number of hydrogen-bond acceptors (Lipinski definition) is 5. The smallest absolute Gasteiger partial charge is 0.266 e. The number of nitrogens with zero attached hydrogens (tertiary/aromatic N) is 3. The van der Waals surface area contributed by atoms with Gasteiger partial charge in [0.2, 0.25) is 0 Å². The van der Waals surface area contributed by atoms with Crippen molar-refractivity contribution in [2.45, 2.75) is 26.7 Å². The Kier molecular flexibility index (Phi) is 2.89. The summed E-state index contributed by atoms with van der Waals surface area (Å²) in [6, 6.07) is 3.85. The predicted molar refractivity (Wildman–Crippen MR) is 75.1 cm³/mol. The Hall–Kier alpha value is -2.04. The van der Waals surface area contributed by atoms with E-state index in [1.807, 2.05) is 26.0 Å². The van der Waals surface area contributed by atoms with Crippen molar-refractivity contribution in [2.24, 2.45) is 0 Å². The van der Waals surface area contributed by atoms with Gasteiger partial charge >= 0.3 is 0 Å². The van der Waals surface area contributed by atoms with Crippen LogP contribution in [0.1, 0.15) is 24.0 Å². The van der Waals surface area contributed by atoms with E-state index in [1.54, 1.807) is 0 Å². The minimum Gasteiger partial charge on any atom is -0.399 e. The monoisotopic (exact) mass is 258 g/mol. The van der Waals surface area contributed by atoms with Gasteiger partial charge in [0.25, 0.3) is 11.8 Å². The Labute approximate surface area is 112 Å². The van der Waals surface area contributed by atoms with Crippen LogP contribution < -0.4 is 10.6 Å². The second-order valence-corrected chi connectivity index (χ2v) is 5.10. The molecule has 2 heterocycles. The van der Waals surface area contributed by atoms with Crippen molar-refractivity contribution >= 4 is 11.6 Å². The van der Waals surface area contributed by atoms with Gasteiger partial charge in [-0.3, -0.25) is 0 Å². The van der Waals surface area contributed by atoms with E-state index >= 15 is 0 Å². The first-order valence-electron chi connectivity index (χ1n) is 6.61. The number of anilines is 2. The molecule has 5 nitrogen and oxygen atoms in total. The van der Waals surface area contributed by atoms with E-state index in [0.29, 0.717) is 11.8 Å². The first-order valence-corrected chi connectivity index (χ1v) is 6.61. The second-order valence-electron chi connectivity index (χ2n) is 5.10. The molecule has 19 heavy (non-hydrogen) atoms. The lowest BCUT2D eigenvalue weighted by atomic mass is 10.0. The normalized spacial score (nSPS) is 15.2. The molecule has 0 aliphatic carbocycles. The van der Waals surface area contributed by atoms with E-state index in [9.17, 15) is 0 Å². The van der Waals surface area contributed by atoms with Gasteiger partial charge in [0.15, 0.2) is 0 Å². The van der Waals surface area contributed by atoms with Crippen molar-refractivity contribution in [3.05, 3.63) is 23.3 Å². The number of benzene rings is 1. The maximum atomic E-state index is 5.89. The van der Waals surface area contributed by atoms with Crippen LogP contribution in [0.5, 0.6) is 0 Å². The summed E-state index contributed by atoms with van der Waals surface area (Å²) >= 11 is 0. The van der Waals surface area contributed by atoms with Crippen molar-refractivity contribution in [3.63, 3.8) is 0 Å². The molecule has 1 aliphatic heterocycles. The fraction of sp³-hybridized carbons (Fsp3) is 0.429. The molecule has 0 radical (unpaired) electrons. The molecule has 0 unspecified atom stereocenters. The Morgan fingerprint density at radius 3 is 2.68 bits per heavy atom. The highest BCUT2D eigenvalue weighted by Crippen LogP contribution is 2.28. The Bertz CT molecular complexity index is 599. The fourth-order valence-electron chi connectivity index (χ4n) is 2.48. The maximum Gasteiger partial charge on any atom is 0.266 e. The highest BCUT2D eigenvalue weighted by molar-refractivity contribution is 5.67. The molecule has 0 amide bonds. The van der Waals surface area contributed by atoms with Gasteiger partial charge in [0.1, 0.15) is 0 Å². The molecule has 1 fully saturated rings. The zero-order chi connectivity index (χ0) is 13.4. The summed E-state index contributed by atoms with van der Waals surface area (Å²) in [5, 5.41) is 4.07. The molecule has 100 valence electrons. The van der Waals surface area contributed by atoms with E-state index in [0.717, 1.165) is 35.5 Å². The van der Waals surface area contributed by atoms with Crippen LogP contribution in [0.25, 0.3) is 11.5 Å². The minimum atomic E-state index is 0.551. The number of aromatic nitrogens is 2. The third-order valence-corrected chi connectivity index (χ3v) is 3.72. The summed E-state index contributed by atoms with van der Waals surface area (Å²) < 4.78 is 5.40. The molecule has 1 aliphatic rings. The Morgan fingerprint density at radius 2 is 1.95 bits per heavy atom. The average Bonchev–Trinajstić information content (AvgIpc) is 3.03. The molecular weight excluding hydrogens is 240 g/mol. The lowest BCUT2D eigenvalue weighted by Gasteiger charge is -2.10. The topological polar surface area (TPSA) is 68.2 Å². The lowest BCUT2D eigenvalue weighted by Crippen LogP contribution is -2.18. The molecule has 0 saturated carbocycles. The zero-order valence-corrected chi connectivity index (χ0v) is 11.3. The Balaban J connectivity index is 1.98. The van der Waals surface area contributed by atoms with Gasteiger partial charge in [0, 0.05) is 24.3 Å². The van der Waals surface area contributed by atoms with Crippen LogP contribution in [-0.4, -0.2) is 23.2 Å². The summed E-state index contributed by atoms with van der Waals surface area (Å²) in [4.78, 5) is 6.65. The third kappa shape index (κ3) is 2.16. The summed E-state index contributed by atoms with van der Waals surface area (Å²) in [6.07, 6.45) is 2.39. The van der Waals surface area contributed by atoms with Gasteiger partial charge in [-0.2, -0.15) is 4.98 Å². The molecule has 1 saturated heterocycles. The average molecular weight is 258 g/mol. The molecule has 0 atom stereocenters. The van der Waals surface area contributed by atoms with E-state index in [-0.39, 0.29) is 0 Å². The number of rotatable bonds is 2. The summed E-state index contributed by atoms with van der Waals surface area (Å²) in [7, 11) is 0. The number of nitrogen functional groups attached to an aromatic ring is 1. The molecule has 0 spiro atoms. The third-order valence-electron chi connectivity index (χ3n) is 3.72. The van der Waals surface area contributed by atoms with Gasteiger partial charge in [-0.25, -0.2) is 0 Å². The van der Waals surface area contributed by atoms with E-state index < -0.39 is 0 Å². The summed E-state index contributed by atoms with van der Waals surface area (Å²) in [5.74, 6) is 1.24. The standard InChI is InChI=1S/C14H18N4O/c1-9-7-11(15)8-12(10(9)2)13-16-14(17-19-13)18-5-3-4-6-18/h7-8H,3-6,15H2,1-2H3. The van der Waals surface area contributed by atoms with Gasteiger partial charge in [-0.15, -0.1) is 0 Å². The van der Waals surface area contributed by atoms with Gasteiger partial charge in [-0.05, 0) is 55.1 Å². The van der Waals surface area contributed by atoms with E-state index in [2.05, 4.69) is 15.0 Å². The van der Waals surface area contributed by atoms with Crippen LogP contribution in [0.4, 0.5) is 11.6 Å². The second kappa shape index (κ2) is 4.57. The number of aryl methyl sites for hydroxylation is 1. The molecule has 1 aromatic heterocycles. The van der Waals surface area contributed by atoms with Crippen molar-refractivity contribution < 1.29 is 4.52 Å². The lowest BCUT2D eigenvalue weighted by molar-refractivity contribution is 0.430.